The van der Waals surface area contributed by atoms with Gasteiger partial charge in [-0.15, -0.1) is 0 Å². The van der Waals surface area contributed by atoms with Crippen molar-refractivity contribution < 1.29 is 29.5 Å². The molecule has 5 atom stereocenters. The molecule has 94 valence electrons. The van der Waals surface area contributed by atoms with Crippen LogP contribution in [-0.4, -0.2) is 57.9 Å². The van der Waals surface area contributed by atoms with E-state index in [0.717, 1.165) is 0 Å². The normalized spacial score (nSPS) is 48.0. The minimum absolute atomic E-state index is 0.482. The summed E-state index contributed by atoms with van der Waals surface area (Å²) in [5.41, 5.74) is -1.39. The largest absolute Gasteiger partial charge is 0.394 e. The van der Waals surface area contributed by atoms with E-state index in [1.165, 1.54) is 6.92 Å². The van der Waals surface area contributed by atoms with Crippen LogP contribution in [0.3, 0.4) is 0 Å². The van der Waals surface area contributed by atoms with Crippen molar-refractivity contribution in [2.24, 2.45) is 0 Å². The molecule has 2 heterocycles. The molecule has 0 amide bonds. The highest BCUT2D eigenvalue weighted by Crippen LogP contribution is 2.43. The predicted molar refractivity (Wildman–Crippen MR) is 52.4 cm³/mol. The zero-order valence-electron chi connectivity index (χ0n) is 9.58. The molecule has 0 aromatic carbocycles. The monoisotopic (exact) mass is 234 g/mol. The number of aliphatic hydroxyl groups excluding tert-OH is 2. The molecular weight excluding hydrogens is 216 g/mol. The second-order valence-corrected chi connectivity index (χ2v) is 4.96. The Morgan fingerprint density at radius 2 is 1.88 bits per heavy atom. The van der Waals surface area contributed by atoms with Crippen LogP contribution in [0.5, 0.6) is 0 Å². The van der Waals surface area contributed by atoms with E-state index in [4.69, 9.17) is 19.3 Å². The average molecular weight is 234 g/mol. The molecule has 0 spiro atoms. The Hall–Kier alpha value is -0.240. The Morgan fingerprint density at radius 1 is 1.25 bits per heavy atom. The number of ether oxygens (including phenoxy) is 3. The van der Waals surface area contributed by atoms with Gasteiger partial charge in [-0.3, -0.25) is 0 Å². The lowest BCUT2D eigenvalue weighted by Gasteiger charge is -2.32. The summed E-state index contributed by atoms with van der Waals surface area (Å²) >= 11 is 0. The molecule has 2 fully saturated rings. The van der Waals surface area contributed by atoms with Gasteiger partial charge in [0, 0.05) is 0 Å². The van der Waals surface area contributed by atoms with Gasteiger partial charge in [-0.2, -0.15) is 0 Å². The zero-order valence-corrected chi connectivity index (χ0v) is 9.58. The molecule has 0 saturated carbocycles. The molecule has 2 rings (SSSR count). The van der Waals surface area contributed by atoms with Crippen molar-refractivity contribution in [3.05, 3.63) is 0 Å². The number of rotatable bonds is 2. The molecule has 0 bridgehead atoms. The Kier molecular flexibility index (Phi) is 2.77. The van der Waals surface area contributed by atoms with Gasteiger partial charge in [0.15, 0.2) is 12.1 Å². The zero-order chi connectivity index (χ0) is 12.1. The van der Waals surface area contributed by atoms with E-state index < -0.39 is 42.6 Å². The van der Waals surface area contributed by atoms with E-state index in [1.807, 2.05) is 0 Å². The maximum atomic E-state index is 10.3. The standard InChI is InChI=1S/C10H18O6/c1-9(2)15-7-8(16-9)14-6(5(12)4-11)10(7,3)13/h5-8,11-13H,4H2,1-3H3/t5?,6-,7+,8-,10-/m1/s1. The quantitative estimate of drug-likeness (QED) is 0.566. The molecule has 16 heavy (non-hydrogen) atoms. The van der Waals surface area contributed by atoms with Crippen LogP contribution in [0, 0.1) is 0 Å². The van der Waals surface area contributed by atoms with E-state index in [2.05, 4.69) is 0 Å². The number of fused-ring (bicyclic) bond motifs is 1. The second kappa shape index (κ2) is 3.63. The highest BCUT2D eigenvalue weighted by atomic mass is 16.8. The average Bonchev–Trinajstić information content (AvgIpc) is 2.59. The number of aliphatic hydroxyl groups is 3. The maximum absolute atomic E-state index is 10.3. The van der Waals surface area contributed by atoms with E-state index in [0.29, 0.717) is 0 Å². The van der Waals surface area contributed by atoms with Crippen LogP contribution in [0.2, 0.25) is 0 Å². The Morgan fingerprint density at radius 3 is 2.38 bits per heavy atom. The third kappa shape index (κ3) is 1.75. The molecule has 0 aromatic rings. The minimum atomic E-state index is -1.39. The summed E-state index contributed by atoms with van der Waals surface area (Å²) in [4.78, 5) is 0. The summed E-state index contributed by atoms with van der Waals surface area (Å²) in [7, 11) is 0. The molecule has 0 radical (unpaired) electrons. The summed E-state index contributed by atoms with van der Waals surface area (Å²) in [6, 6.07) is 0. The molecule has 6 nitrogen and oxygen atoms in total. The van der Waals surface area contributed by atoms with Crippen molar-refractivity contribution in [2.75, 3.05) is 6.61 Å². The van der Waals surface area contributed by atoms with Gasteiger partial charge < -0.3 is 29.5 Å². The molecule has 0 aromatic heterocycles. The van der Waals surface area contributed by atoms with Gasteiger partial charge >= 0.3 is 0 Å². The first kappa shape index (κ1) is 12.2. The topological polar surface area (TPSA) is 88.4 Å². The summed E-state index contributed by atoms with van der Waals surface area (Å²) in [5, 5.41) is 28.7. The van der Waals surface area contributed by atoms with Crippen LogP contribution in [0.15, 0.2) is 0 Å². The van der Waals surface area contributed by atoms with Gasteiger partial charge in [-0.25, -0.2) is 0 Å². The molecule has 1 unspecified atom stereocenters. The Balaban J connectivity index is 2.17. The van der Waals surface area contributed by atoms with E-state index in [-0.39, 0.29) is 0 Å². The van der Waals surface area contributed by atoms with Gasteiger partial charge in [0.2, 0.25) is 0 Å². The molecule has 2 saturated heterocycles. The fraction of sp³-hybridized carbons (Fsp3) is 1.00. The number of hydrogen-bond acceptors (Lipinski definition) is 6. The summed E-state index contributed by atoms with van der Waals surface area (Å²) in [5.74, 6) is -0.811. The van der Waals surface area contributed by atoms with Crippen molar-refractivity contribution in [1.29, 1.82) is 0 Å². The second-order valence-electron chi connectivity index (χ2n) is 4.96. The lowest BCUT2D eigenvalue weighted by molar-refractivity contribution is -0.241. The molecular formula is C10H18O6. The molecule has 3 N–H and O–H groups in total. The van der Waals surface area contributed by atoms with Gasteiger partial charge in [-0.05, 0) is 20.8 Å². The van der Waals surface area contributed by atoms with Crippen LogP contribution in [0.4, 0.5) is 0 Å². The summed E-state index contributed by atoms with van der Waals surface area (Å²) in [6.45, 7) is 4.47. The Bertz CT molecular complexity index is 276. The SMILES string of the molecule is CC1(C)O[C@H]2O[C@H](C(O)CO)[C@@](C)(O)[C@H]2O1. The first-order valence-corrected chi connectivity index (χ1v) is 5.30. The van der Waals surface area contributed by atoms with E-state index in [9.17, 15) is 10.2 Å². The third-order valence-corrected chi connectivity index (χ3v) is 3.03. The first-order valence-electron chi connectivity index (χ1n) is 5.30. The van der Waals surface area contributed by atoms with Crippen LogP contribution in [0.1, 0.15) is 20.8 Å². The van der Waals surface area contributed by atoms with Crippen molar-refractivity contribution in [1.82, 2.24) is 0 Å². The molecule has 0 aliphatic carbocycles. The van der Waals surface area contributed by atoms with Crippen molar-refractivity contribution in [3.8, 4) is 0 Å². The van der Waals surface area contributed by atoms with Gasteiger partial charge in [-0.1, -0.05) is 0 Å². The van der Waals surface area contributed by atoms with Crippen molar-refractivity contribution in [2.45, 2.75) is 56.8 Å². The maximum Gasteiger partial charge on any atom is 0.190 e. The van der Waals surface area contributed by atoms with Crippen molar-refractivity contribution >= 4 is 0 Å². The van der Waals surface area contributed by atoms with Crippen LogP contribution in [0.25, 0.3) is 0 Å². The smallest absolute Gasteiger partial charge is 0.190 e. The van der Waals surface area contributed by atoms with Crippen LogP contribution < -0.4 is 0 Å². The van der Waals surface area contributed by atoms with Crippen LogP contribution in [-0.2, 0) is 14.2 Å². The number of hydrogen-bond donors (Lipinski definition) is 3. The third-order valence-electron chi connectivity index (χ3n) is 3.03. The molecule has 2 aliphatic rings. The summed E-state index contributed by atoms with van der Waals surface area (Å²) in [6.07, 6.45) is -3.44. The fourth-order valence-corrected chi connectivity index (χ4v) is 2.24. The first-order chi connectivity index (χ1) is 7.28. The van der Waals surface area contributed by atoms with E-state index >= 15 is 0 Å². The predicted octanol–water partition coefficient (Wildman–Crippen LogP) is -1.03. The lowest BCUT2D eigenvalue weighted by Crippen LogP contribution is -2.51. The molecule has 2 aliphatic heterocycles. The van der Waals surface area contributed by atoms with Crippen molar-refractivity contribution in [3.63, 3.8) is 0 Å². The van der Waals surface area contributed by atoms with Crippen LogP contribution >= 0.6 is 0 Å². The van der Waals surface area contributed by atoms with Gasteiger partial charge in [0.1, 0.15) is 23.9 Å². The minimum Gasteiger partial charge on any atom is -0.394 e. The van der Waals surface area contributed by atoms with Gasteiger partial charge in [0.25, 0.3) is 0 Å². The Labute approximate surface area is 93.7 Å². The highest BCUT2D eigenvalue weighted by Gasteiger charge is 2.62. The summed E-state index contributed by atoms with van der Waals surface area (Å²) < 4.78 is 16.3. The fourth-order valence-electron chi connectivity index (χ4n) is 2.24. The molecule has 6 heteroatoms. The van der Waals surface area contributed by atoms with E-state index in [1.54, 1.807) is 13.8 Å². The highest BCUT2D eigenvalue weighted by molar-refractivity contribution is 5.04. The van der Waals surface area contributed by atoms with Gasteiger partial charge in [0.05, 0.1) is 6.61 Å². The lowest BCUT2D eigenvalue weighted by atomic mass is 9.91.